The Labute approximate surface area is 167 Å². The number of benzene rings is 2. The van der Waals surface area contributed by atoms with Gasteiger partial charge in [-0.3, -0.25) is 4.84 Å². The first kappa shape index (κ1) is 21.9. The number of ether oxygens (including phenoxy) is 1. The number of nitrogens with zero attached hydrogens (tertiary/aromatic N) is 1. The lowest BCUT2D eigenvalue weighted by Gasteiger charge is -2.30. The van der Waals surface area contributed by atoms with Crippen molar-refractivity contribution in [1.29, 1.82) is 0 Å². The van der Waals surface area contributed by atoms with E-state index in [-0.39, 0.29) is 18.3 Å². The van der Waals surface area contributed by atoms with Crippen LogP contribution in [0.3, 0.4) is 0 Å². The maximum absolute atomic E-state index is 14.3. The molecule has 1 amide bonds. The average molecular weight is 387 g/mol. The van der Waals surface area contributed by atoms with Gasteiger partial charge in [-0.05, 0) is 69.4 Å². The molecule has 1 atom stereocenters. The highest BCUT2D eigenvalue weighted by Crippen LogP contribution is 2.29. The number of hydrogen-bond donors (Lipinski definition) is 0. The Kier molecular flexibility index (Phi) is 7.19. The Morgan fingerprint density at radius 1 is 1.07 bits per heavy atom. The molecule has 5 heteroatoms. The molecule has 0 aliphatic carbocycles. The molecule has 0 aromatic heterocycles. The fraction of sp³-hybridized carbons (Fsp3) is 0.435. The van der Waals surface area contributed by atoms with Gasteiger partial charge in [0, 0.05) is 5.92 Å². The molecule has 0 saturated carbocycles. The third kappa shape index (κ3) is 5.80. The van der Waals surface area contributed by atoms with Gasteiger partial charge >= 0.3 is 6.09 Å². The van der Waals surface area contributed by atoms with Crippen LogP contribution >= 0.6 is 0 Å². The van der Waals surface area contributed by atoms with Crippen molar-refractivity contribution in [3.8, 4) is 0 Å². The summed E-state index contributed by atoms with van der Waals surface area (Å²) in [6.45, 7) is 9.73. The van der Waals surface area contributed by atoms with Crippen LogP contribution < -0.4 is 0 Å². The van der Waals surface area contributed by atoms with Crippen LogP contribution in [0.1, 0.15) is 48.9 Å². The van der Waals surface area contributed by atoms with E-state index in [1.54, 1.807) is 32.9 Å². The highest BCUT2D eigenvalue weighted by molar-refractivity contribution is 5.67. The predicted molar refractivity (Wildman–Crippen MR) is 109 cm³/mol. The van der Waals surface area contributed by atoms with Crippen molar-refractivity contribution < 1.29 is 18.8 Å². The molecule has 2 rings (SSSR count). The Morgan fingerprint density at radius 2 is 1.68 bits per heavy atom. The minimum Gasteiger partial charge on any atom is -0.442 e. The highest BCUT2D eigenvalue weighted by Gasteiger charge is 2.27. The van der Waals surface area contributed by atoms with Crippen LogP contribution in [0.25, 0.3) is 0 Å². The minimum absolute atomic E-state index is 0.148. The minimum atomic E-state index is -0.631. The van der Waals surface area contributed by atoms with E-state index >= 15 is 0 Å². The molecule has 2 aromatic rings. The van der Waals surface area contributed by atoms with Crippen molar-refractivity contribution in [2.24, 2.45) is 0 Å². The van der Waals surface area contributed by atoms with Crippen molar-refractivity contribution in [2.75, 3.05) is 13.7 Å². The Morgan fingerprint density at radius 3 is 2.21 bits per heavy atom. The van der Waals surface area contributed by atoms with Crippen molar-refractivity contribution >= 4 is 6.09 Å². The maximum atomic E-state index is 14.3. The average Bonchev–Trinajstić information content (AvgIpc) is 2.59. The van der Waals surface area contributed by atoms with Gasteiger partial charge in [0.2, 0.25) is 0 Å². The van der Waals surface area contributed by atoms with Crippen LogP contribution in [-0.4, -0.2) is 30.4 Å². The molecular weight excluding hydrogens is 357 g/mol. The monoisotopic (exact) mass is 387 g/mol. The van der Waals surface area contributed by atoms with Crippen molar-refractivity contribution in [3.05, 3.63) is 70.5 Å². The number of rotatable bonds is 6. The summed E-state index contributed by atoms with van der Waals surface area (Å²) >= 11 is 0. The van der Waals surface area contributed by atoms with Gasteiger partial charge in [-0.25, -0.2) is 9.18 Å². The summed E-state index contributed by atoms with van der Waals surface area (Å²) in [7, 11) is 1.44. The van der Waals surface area contributed by atoms with Gasteiger partial charge in [-0.2, -0.15) is 5.06 Å². The summed E-state index contributed by atoms with van der Waals surface area (Å²) in [6, 6.07) is 12.8. The zero-order chi connectivity index (χ0) is 20.9. The quantitative estimate of drug-likeness (QED) is 0.609. The summed E-state index contributed by atoms with van der Waals surface area (Å²) in [5, 5.41) is 1.21. The summed E-state index contributed by atoms with van der Waals surface area (Å²) in [5.41, 5.74) is 3.27. The lowest BCUT2D eigenvalue weighted by Crippen LogP contribution is -2.39. The number of amides is 1. The summed E-state index contributed by atoms with van der Waals surface area (Å²) < 4.78 is 19.8. The standard InChI is InChI=1S/C23H30FNO3/c1-16-10-9-11-17(2)21(16)19(14-18-12-7-8-13-20(18)24)15-25(27-6)22(26)28-23(3,4)5/h7-13,19H,14-15H2,1-6H3. The molecule has 0 saturated heterocycles. The highest BCUT2D eigenvalue weighted by atomic mass is 19.1. The van der Waals surface area contributed by atoms with Gasteiger partial charge in [0.05, 0.1) is 13.7 Å². The first-order chi connectivity index (χ1) is 13.1. The molecule has 0 bridgehead atoms. The second kappa shape index (κ2) is 9.20. The van der Waals surface area contributed by atoms with Gasteiger partial charge in [0.15, 0.2) is 0 Å². The van der Waals surface area contributed by atoms with Gasteiger partial charge in [-0.15, -0.1) is 0 Å². The van der Waals surface area contributed by atoms with Crippen LogP contribution in [-0.2, 0) is 16.0 Å². The maximum Gasteiger partial charge on any atom is 0.434 e. The number of carbonyl (C=O) groups is 1. The molecule has 0 N–H and O–H groups in total. The van der Waals surface area contributed by atoms with E-state index in [0.29, 0.717) is 12.0 Å². The van der Waals surface area contributed by atoms with Crippen LogP contribution in [0.15, 0.2) is 42.5 Å². The first-order valence-electron chi connectivity index (χ1n) is 9.46. The molecule has 0 radical (unpaired) electrons. The van der Waals surface area contributed by atoms with Crippen molar-refractivity contribution in [1.82, 2.24) is 5.06 Å². The van der Waals surface area contributed by atoms with Gasteiger partial charge in [0.25, 0.3) is 0 Å². The third-order valence-corrected chi connectivity index (χ3v) is 4.58. The summed E-state index contributed by atoms with van der Waals surface area (Å²) in [4.78, 5) is 17.9. The van der Waals surface area contributed by atoms with E-state index in [9.17, 15) is 9.18 Å². The summed E-state index contributed by atoms with van der Waals surface area (Å²) in [5.74, 6) is -0.398. The molecule has 0 fully saturated rings. The largest absolute Gasteiger partial charge is 0.442 e. The predicted octanol–water partition coefficient (Wildman–Crippen LogP) is 5.57. The molecule has 2 aromatic carbocycles. The zero-order valence-electron chi connectivity index (χ0n) is 17.6. The van der Waals surface area contributed by atoms with E-state index in [1.807, 2.05) is 38.1 Å². The number of halogens is 1. The van der Waals surface area contributed by atoms with E-state index in [1.165, 1.54) is 18.2 Å². The third-order valence-electron chi connectivity index (χ3n) is 4.58. The second-order valence-corrected chi connectivity index (χ2v) is 8.02. The van der Waals surface area contributed by atoms with E-state index in [2.05, 4.69) is 0 Å². The van der Waals surface area contributed by atoms with Crippen molar-refractivity contribution in [3.63, 3.8) is 0 Å². The van der Waals surface area contributed by atoms with Gasteiger partial charge in [-0.1, -0.05) is 36.4 Å². The van der Waals surface area contributed by atoms with Gasteiger partial charge < -0.3 is 4.74 Å². The lowest BCUT2D eigenvalue weighted by molar-refractivity contribution is -0.126. The molecule has 0 aliphatic rings. The Hall–Kier alpha value is -2.40. The smallest absolute Gasteiger partial charge is 0.434 e. The molecule has 28 heavy (non-hydrogen) atoms. The molecule has 0 heterocycles. The zero-order valence-corrected chi connectivity index (χ0v) is 17.6. The van der Waals surface area contributed by atoms with E-state index in [0.717, 1.165) is 16.7 Å². The summed E-state index contributed by atoms with van der Waals surface area (Å²) in [6.07, 6.45) is -0.110. The fourth-order valence-electron chi connectivity index (χ4n) is 3.40. The molecule has 4 nitrogen and oxygen atoms in total. The van der Waals surface area contributed by atoms with Crippen LogP contribution in [0.5, 0.6) is 0 Å². The fourth-order valence-corrected chi connectivity index (χ4v) is 3.40. The topological polar surface area (TPSA) is 38.8 Å². The number of carbonyl (C=O) groups excluding carboxylic acids is 1. The normalized spacial score (nSPS) is 12.5. The molecule has 0 aliphatic heterocycles. The molecular formula is C23H30FNO3. The lowest BCUT2D eigenvalue weighted by atomic mass is 9.86. The Bertz CT molecular complexity index is 793. The molecule has 1 unspecified atom stereocenters. The first-order valence-corrected chi connectivity index (χ1v) is 9.46. The van der Waals surface area contributed by atoms with Crippen molar-refractivity contribution in [2.45, 2.75) is 52.6 Å². The van der Waals surface area contributed by atoms with Gasteiger partial charge in [0.1, 0.15) is 11.4 Å². The van der Waals surface area contributed by atoms with E-state index in [4.69, 9.17) is 9.57 Å². The van der Waals surface area contributed by atoms with Crippen LogP contribution in [0.4, 0.5) is 9.18 Å². The Balaban J connectivity index is 2.37. The number of aryl methyl sites for hydroxylation is 2. The molecule has 0 spiro atoms. The van der Waals surface area contributed by atoms with Crippen LogP contribution in [0, 0.1) is 19.7 Å². The SMILES string of the molecule is CON(CC(Cc1ccccc1F)c1c(C)cccc1C)C(=O)OC(C)(C)C. The second-order valence-electron chi connectivity index (χ2n) is 8.02. The van der Waals surface area contributed by atoms with Crippen LogP contribution in [0.2, 0.25) is 0 Å². The number of hydroxylamine groups is 2. The number of hydrogen-bond acceptors (Lipinski definition) is 3. The molecule has 152 valence electrons. The van der Waals surface area contributed by atoms with E-state index < -0.39 is 11.7 Å².